The molecule has 1 aliphatic heterocycles. The average Bonchev–Trinajstić information content (AvgIpc) is 2.83. The van der Waals surface area contributed by atoms with Gasteiger partial charge in [0, 0.05) is 19.2 Å². The van der Waals surface area contributed by atoms with Crippen molar-refractivity contribution in [3.8, 4) is 0 Å². The molecule has 0 amide bonds. The topological polar surface area (TPSA) is 12.5 Å². The number of hydrogen-bond acceptors (Lipinski definition) is 2. The van der Waals surface area contributed by atoms with Gasteiger partial charge in [0.25, 0.3) is 0 Å². The van der Waals surface area contributed by atoms with Crippen molar-refractivity contribution < 1.29 is 4.74 Å². The van der Waals surface area contributed by atoms with E-state index < -0.39 is 0 Å². The van der Waals surface area contributed by atoms with Gasteiger partial charge in [0.1, 0.15) is 0 Å². The molecule has 0 spiro atoms. The van der Waals surface area contributed by atoms with Gasteiger partial charge in [0.15, 0.2) is 0 Å². The van der Waals surface area contributed by atoms with Crippen molar-refractivity contribution >= 4 is 0 Å². The van der Waals surface area contributed by atoms with E-state index >= 15 is 0 Å². The van der Waals surface area contributed by atoms with E-state index in [-0.39, 0.29) is 0 Å². The summed E-state index contributed by atoms with van der Waals surface area (Å²) >= 11 is 0. The maximum Gasteiger partial charge on any atom is 0.0703 e. The predicted molar refractivity (Wildman–Crippen MR) is 80.4 cm³/mol. The van der Waals surface area contributed by atoms with E-state index in [4.69, 9.17) is 4.74 Å². The minimum Gasteiger partial charge on any atom is -0.377 e. The first kappa shape index (κ1) is 14.5. The predicted octanol–water partition coefficient (Wildman–Crippen LogP) is 3.81. The van der Waals surface area contributed by atoms with E-state index in [1.165, 1.54) is 17.5 Å². The molecule has 2 heteroatoms. The summed E-state index contributed by atoms with van der Waals surface area (Å²) in [5.41, 5.74) is 2.83. The largest absolute Gasteiger partial charge is 0.377 e. The number of rotatable bonds is 5. The normalized spacial score (nSPS) is 23.5. The van der Waals surface area contributed by atoms with Gasteiger partial charge in [-0.2, -0.15) is 0 Å². The summed E-state index contributed by atoms with van der Waals surface area (Å²) in [5.74, 6) is 0.611. The molecule has 2 unspecified atom stereocenters. The number of benzene rings is 1. The molecule has 1 heterocycles. The van der Waals surface area contributed by atoms with Gasteiger partial charge < -0.3 is 4.74 Å². The summed E-state index contributed by atoms with van der Waals surface area (Å²) in [6, 6.07) is 9.66. The lowest BCUT2D eigenvalue weighted by atomic mass is 10.0. The van der Waals surface area contributed by atoms with Crippen LogP contribution in [-0.4, -0.2) is 30.2 Å². The Kier molecular flexibility index (Phi) is 5.00. The molecule has 1 aromatic carbocycles. The van der Waals surface area contributed by atoms with Crippen molar-refractivity contribution in [1.82, 2.24) is 4.90 Å². The highest BCUT2D eigenvalue weighted by molar-refractivity contribution is 5.24. The highest BCUT2D eigenvalue weighted by atomic mass is 16.5. The summed E-state index contributed by atoms with van der Waals surface area (Å²) in [5, 5.41) is 0. The maximum absolute atomic E-state index is 5.69. The maximum atomic E-state index is 5.69. The van der Waals surface area contributed by atoms with Gasteiger partial charge in [-0.25, -0.2) is 0 Å². The van der Waals surface area contributed by atoms with Gasteiger partial charge in [-0.3, -0.25) is 4.90 Å². The molecule has 1 saturated heterocycles. The molecule has 0 radical (unpaired) electrons. The molecule has 0 saturated carbocycles. The van der Waals surface area contributed by atoms with Crippen LogP contribution in [-0.2, 0) is 11.3 Å². The second-order valence-electron chi connectivity index (χ2n) is 5.89. The molecule has 0 aliphatic carbocycles. The van der Waals surface area contributed by atoms with E-state index in [1.807, 2.05) is 0 Å². The fourth-order valence-electron chi connectivity index (χ4n) is 2.91. The Bertz CT molecular complexity index is 385. The van der Waals surface area contributed by atoms with Gasteiger partial charge in [-0.1, -0.05) is 45.0 Å². The van der Waals surface area contributed by atoms with Gasteiger partial charge in [0.2, 0.25) is 0 Å². The first-order valence-corrected chi connectivity index (χ1v) is 7.56. The van der Waals surface area contributed by atoms with Crippen molar-refractivity contribution in [3.05, 3.63) is 35.4 Å². The number of ether oxygens (including phenoxy) is 1. The number of likely N-dealkylation sites (N-methyl/N-ethyl adjacent to an activating group) is 1. The molecule has 2 nitrogen and oxygen atoms in total. The molecule has 0 N–H and O–H groups in total. The zero-order valence-electron chi connectivity index (χ0n) is 12.7. The van der Waals surface area contributed by atoms with E-state index in [0.717, 1.165) is 19.7 Å². The molecule has 106 valence electrons. The van der Waals surface area contributed by atoms with E-state index in [1.54, 1.807) is 0 Å². The number of hydrogen-bond donors (Lipinski definition) is 0. The smallest absolute Gasteiger partial charge is 0.0703 e. The Hall–Kier alpha value is -0.860. The Labute approximate surface area is 117 Å². The highest BCUT2D eigenvalue weighted by Gasteiger charge is 2.28. The molecular weight excluding hydrogens is 234 g/mol. The molecule has 1 fully saturated rings. The lowest BCUT2D eigenvalue weighted by Gasteiger charge is -2.29. The van der Waals surface area contributed by atoms with Crippen LogP contribution in [0.15, 0.2) is 24.3 Å². The summed E-state index contributed by atoms with van der Waals surface area (Å²) in [6.45, 7) is 12.0. The fourth-order valence-corrected chi connectivity index (χ4v) is 2.91. The second-order valence-corrected chi connectivity index (χ2v) is 5.89. The average molecular weight is 261 g/mol. The third kappa shape index (κ3) is 3.58. The molecule has 19 heavy (non-hydrogen) atoms. The lowest BCUT2D eigenvalue weighted by molar-refractivity contribution is 0.0730. The Morgan fingerprint density at radius 2 is 1.95 bits per heavy atom. The van der Waals surface area contributed by atoms with Crippen LogP contribution >= 0.6 is 0 Å². The fraction of sp³-hybridized carbons (Fsp3) is 0.647. The third-order valence-corrected chi connectivity index (χ3v) is 4.24. The first-order valence-electron chi connectivity index (χ1n) is 7.56. The molecule has 0 aromatic heterocycles. The summed E-state index contributed by atoms with van der Waals surface area (Å²) in [6.07, 6.45) is 1.54. The minimum atomic E-state index is 0.370. The molecule has 1 aromatic rings. The second kappa shape index (κ2) is 6.53. The van der Waals surface area contributed by atoms with Crippen LogP contribution < -0.4 is 0 Å². The zero-order valence-corrected chi connectivity index (χ0v) is 12.7. The van der Waals surface area contributed by atoms with Crippen molar-refractivity contribution in [1.29, 1.82) is 0 Å². The third-order valence-electron chi connectivity index (χ3n) is 4.24. The summed E-state index contributed by atoms with van der Waals surface area (Å²) in [7, 11) is 0. The van der Waals surface area contributed by atoms with Crippen LogP contribution in [0.3, 0.4) is 0 Å². The van der Waals surface area contributed by atoms with Crippen LogP contribution in [0.25, 0.3) is 0 Å². The highest BCUT2D eigenvalue weighted by Crippen LogP contribution is 2.22. The van der Waals surface area contributed by atoms with Crippen molar-refractivity contribution in [2.24, 2.45) is 0 Å². The molecule has 2 atom stereocenters. The van der Waals surface area contributed by atoms with Crippen LogP contribution in [0.1, 0.15) is 51.2 Å². The van der Waals surface area contributed by atoms with Crippen LogP contribution in [0, 0.1) is 0 Å². The minimum absolute atomic E-state index is 0.370. The molecule has 0 bridgehead atoms. The van der Waals surface area contributed by atoms with Crippen LogP contribution in [0.5, 0.6) is 0 Å². The van der Waals surface area contributed by atoms with Crippen molar-refractivity contribution in [2.75, 3.05) is 13.2 Å². The molecule has 2 rings (SSSR count). The van der Waals surface area contributed by atoms with Gasteiger partial charge in [-0.05, 0) is 36.9 Å². The Morgan fingerprint density at radius 3 is 2.42 bits per heavy atom. The molecular formula is C17H27NO. The zero-order chi connectivity index (χ0) is 13.8. The van der Waals surface area contributed by atoms with Gasteiger partial charge in [0.05, 0.1) is 6.10 Å². The Balaban J connectivity index is 2.01. The van der Waals surface area contributed by atoms with Crippen LogP contribution in [0.4, 0.5) is 0 Å². The summed E-state index contributed by atoms with van der Waals surface area (Å²) < 4.78 is 5.69. The summed E-state index contributed by atoms with van der Waals surface area (Å²) in [4.78, 5) is 2.54. The quantitative estimate of drug-likeness (QED) is 0.799. The molecule has 1 aliphatic rings. The standard InChI is InChI=1S/C17H27NO/c1-5-18(17-10-11-19-14(17)4)12-15-6-8-16(9-7-15)13(2)3/h6-9,13-14,17H,5,10-12H2,1-4H3. The van der Waals surface area contributed by atoms with Crippen molar-refractivity contribution in [2.45, 2.75) is 58.7 Å². The van der Waals surface area contributed by atoms with E-state index in [0.29, 0.717) is 18.1 Å². The SMILES string of the molecule is CCN(Cc1ccc(C(C)C)cc1)C1CCOC1C. The van der Waals surface area contributed by atoms with E-state index in [9.17, 15) is 0 Å². The van der Waals surface area contributed by atoms with E-state index in [2.05, 4.69) is 56.9 Å². The van der Waals surface area contributed by atoms with Gasteiger partial charge in [-0.15, -0.1) is 0 Å². The van der Waals surface area contributed by atoms with Crippen LogP contribution in [0.2, 0.25) is 0 Å². The lowest BCUT2D eigenvalue weighted by Crippen LogP contribution is -2.39. The van der Waals surface area contributed by atoms with Gasteiger partial charge >= 0.3 is 0 Å². The first-order chi connectivity index (χ1) is 9.11. The Morgan fingerprint density at radius 1 is 1.26 bits per heavy atom. The monoisotopic (exact) mass is 261 g/mol. The van der Waals surface area contributed by atoms with Crippen molar-refractivity contribution in [3.63, 3.8) is 0 Å². The number of nitrogens with zero attached hydrogens (tertiary/aromatic N) is 1.